The molecule has 1 aliphatic rings. The number of anilines is 1. The number of hydrogen-bond donors (Lipinski definition) is 3. The van der Waals surface area contributed by atoms with Gasteiger partial charge in [0, 0.05) is 50.7 Å². The van der Waals surface area contributed by atoms with Gasteiger partial charge in [-0.3, -0.25) is 14.5 Å². The first-order chi connectivity index (χ1) is 19.9. The van der Waals surface area contributed by atoms with Gasteiger partial charge in [-0.2, -0.15) is 0 Å². The molecule has 1 aliphatic heterocycles. The van der Waals surface area contributed by atoms with Gasteiger partial charge in [0.1, 0.15) is 17.2 Å². The van der Waals surface area contributed by atoms with Crippen molar-refractivity contribution in [2.24, 2.45) is 0 Å². The fraction of sp³-hybridized carbons (Fsp3) is 0.375. The van der Waals surface area contributed by atoms with Crippen LogP contribution in [0.2, 0.25) is 0 Å². The highest BCUT2D eigenvalue weighted by Gasteiger charge is 2.33. The predicted molar refractivity (Wildman–Crippen MR) is 163 cm³/mol. The molecular formula is C32H39N7O2. The molecule has 3 heterocycles. The second-order valence-corrected chi connectivity index (χ2v) is 10.9. The summed E-state index contributed by atoms with van der Waals surface area (Å²) < 4.78 is 0. The Morgan fingerprint density at radius 2 is 1.68 bits per heavy atom. The minimum Gasteiger partial charge on any atom is -0.368 e. The lowest BCUT2D eigenvalue weighted by molar-refractivity contribution is -0.118. The molecule has 2 aromatic carbocycles. The molecule has 0 spiro atoms. The van der Waals surface area contributed by atoms with Crippen LogP contribution in [0.4, 0.5) is 5.82 Å². The lowest BCUT2D eigenvalue weighted by atomic mass is 10.1. The van der Waals surface area contributed by atoms with E-state index >= 15 is 0 Å². The van der Waals surface area contributed by atoms with Gasteiger partial charge in [-0.25, -0.2) is 9.97 Å². The summed E-state index contributed by atoms with van der Waals surface area (Å²) in [4.78, 5) is 42.4. The van der Waals surface area contributed by atoms with Gasteiger partial charge in [0.05, 0.1) is 5.39 Å². The Kier molecular flexibility index (Phi) is 8.94. The van der Waals surface area contributed by atoms with Crippen molar-refractivity contribution in [2.45, 2.75) is 45.7 Å². The van der Waals surface area contributed by atoms with E-state index in [-0.39, 0.29) is 23.9 Å². The molecule has 2 atom stereocenters. The summed E-state index contributed by atoms with van der Waals surface area (Å²) >= 11 is 0. The number of aromatic amines is 1. The van der Waals surface area contributed by atoms with Crippen LogP contribution in [-0.2, 0) is 11.2 Å². The monoisotopic (exact) mass is 553 g/mol. The van der Waals surface area contributed by atoms with Gasteiger partial charge in [-0.1, -0.05) is 60.7 Å². The van der Waals surface area contributed by atoms with E-state index in [1.165, 1.54) is 12.5 Å². The molecule has 3 N–H and O–H groups in total. The number of piperazine rings is 1. The van der Waals surface area contributed by atoms with Crippen LogP contribution in [0.1, 0.15) is 43.2 Å². The minimum atomic E-state index is -0.0845. The Morgan fingerprint density at radius 3 is 2.41 bits per heavy atom. The second-order valence-electron chi connectivity index (χ2n) is 10.9. The standard InChI is InChI=1S/C32H39N7O2/c1-22-21-39(23(2)20-38(22)18-10-13-25-11-6-4-7-12-25)32(41)28-19-27-30(34-17-16-33-24(3)40)36-29(37-31(27)35-28)26-14-8-5-9-15-26/h4-9,11-12,14-15,19,22-23H,10,13,16-18,20-21H2,1-3H3,(H,33,40)(H2,34,35,36,37). The van der Waals surface area contributed by atoms with Crippen molar-refractivity contribution in [3.8, 4) is 11.4 Å². The maximum atomic E-state index is 13.8. The van der Waals surface area contributed by atoms with Crippen molar-refractivity contribution in [1.29, 1.82) is 0 Å². The molecule has 0 aliphatic carbocycles. The summed E-state index contributed by atoms with van der Waals surface area (Å²) in [6.07, 6.45) is 2.15. The maximum Gasteiger partial charge on any atom is 0.270 e. The van der Waals surface area contributed by atoms with Crippen LogP contribution >= 0.6 is 0 Å². The zero-order valence-electron chi connectivity index (χ0n) is 24.1. The number of fused-ring (bicyclic) bond motifs is 1. The third kappa shape index (κ3) is 6.92. The van der Waals surface area contributed by atoms with Crippen molar-refractivity contribution in [3.63, 3.8) is 0 Å². The lowest BCUT2D eigenvalue weighted by Gasteiger charge is -2.44. The number of hydrogen-bond acceptors (Lipinski definition) is 6. The lowest BCUT2D eigenvalue weighted by Crippen LogP contribution is -2.58. The smallest absolute Gasteiger partial charge is 0.270 e. The van der Waals surface area contributed by atoms with Crippen LogP contribution < -0.4 is 10.6 Å². The predicted octanol–water partition coefficient (Wildman–Crippen LogP) is 4.34. The minimum absolute atomic E-state index is 0.0308. The van der Waals surface area contributed by atoms with E-state index in [1.54, 1.807) is 0 Å². The van der Waals surface area contributed by atoms with Crippen LogP contribution in [0.5, 0.6) is 0 Å². The normalized spacial score (nSPS) is 17.5. The number of rotatable bonds is 10. The first kappa shape index (κ1) is 28.3. The molecule has 214 valence electrons. The Bertz CT molecular complexity index is 1470. The molecule has 2 unspecified atom stereocenters. The molecule has 41 heavy (non-hydrogen) atoms. The Morgan fingerprint density at radius 1 is 0.951 bits per heavy atom. The number of nitrogens with one attached hydrogen (secondary N) is 3. The number of nitrogens with zero attached hydrogens (tertiary/aromatic N) is 4. The van der Waals surface area contributed by atoms with Crippen molar-refractivity contribution in [3.05, 3.63) is 78.0 Å². The van der Waals surface area contributed by atoms with Crippen LogP contribution in [-0.4, -0.2) is 81.4 Å². The van der Waals surface area contributed by atoms with Gasteiger partial charge in [-0.05, 0) is 44.9 Å². The summed E-state index contributed by atoms with van der Waals surface area (Å²) in [7, 11) is 0. The number of carbonyl (C=O) groups is 2. The van der Waals surface area contributed by atoms with Gasteiger partial charge in [0.15, 0.2) is 5.82 Å². The molecule has 5 rings (SSSR count). The van der Waals surface area contributed by atoms with Crippen molar-refractivity contribution < 1.29 is 9.59 Å². The molecule has 2 amide bonds. The fourth-order valence-electron chi connectivity index (χ4n) is 5.47. The summed E-state index contributed by atoms with van der Waals surface area (Å²) in [6.45, 7) is 9.30. The number of benzene rings is 2. The summed E-state index contributed by atoms with van der Waals surface area (Å²) in [5, 5.41) is 6.86. The Hall–Kier alpha value is -4.24. The first-order valence-corrected chi connectivity index (χ1v) is 14.4. The molecule has 2 aromatic heterocycles. The number of H-pyrrole nitrogens is 1. The van der Waals surface area contributed by atoms with E-state index in [2.05, 4.69) is 64.7 Å². The molecule has 9 heteroatoms. The first-order valence-electron chi connectivity index (χ1n) is 14.4. The van der Waals surface area contributed by atoms with Crippen LogP contribution in [0, 0.1) is 0 Å². The number of amides is 2. The highest BCUT2D eigenvalue weighted by Crippen LogP contribution is 2.27. The third-order valence-corrected chi connectivity index (χ3v) is 7.67. The van der Waals surface area contributed by atoms with Gasteiger partial charge < -0.3 is 20.5 Å². The molecule has 4 aromatic rings. The van der Waals surface area contributed by atoms with E-state index in [1.807, 2.05) is 41.3 Å². The SMILES string of the molecule is CC(=O)NCCNc1nc(-c2ccccc2)nc2[nH]c(C(=O)N3CC(C)N(CCCc4ccccc4)CC3C)cc12. The molecule has 0 bridgehead atoms. The summed E-state index contributed by atoms with van der Waals surface area (Å²) in [5.41, 5.74) is 3.35. The fourth-order valence-corrected chi connectivity index (χ4v) is 5.47. The average Bonchev–Trinajstić information content (AvgIpc) is 3.42. The average molecular weight is 554 g/mol. The van der Waals surface area contributed by atoms with Crippen molar-refractivity contribution in [2.75, 3.05) is 38.0 Å². The van der Waals surface area contributed by atoms with Gasteiger partial charge >= 0.3 is 0 Å². The maximum absolute atomic E-state index is 13.8. The van der Waals surface area contributed by atoms with Gasteiger partial charge in [0.2, 0.25) is 5.91 Å². The quantitative estimate of drug-likeness (QED) is 0.252. The van der Waals surface area contributed by atoms with Gasteiger partial charge in [0.25, 0.3) is 5.91 Å². The summed E-state index contributed by atoms with van der Waals surface area (Å²) in [6, 6.07) is 22.5. The molecule has 1 fully saturated rings. The van der Waals surface area contributed by atoms with E-state index in [4.69, 9.17) is 9.97 Å². The van der Waals surface area contributed by atoms with E-state index in [0.29, 0.717) is 42.6 Å². The van der Waals surface area contributed by atoms with Crippen molar-refractivity contribution >= 4 is 28.7 Å². The number of carbonyl (C=O) groups excluding carboxylic acids is 2. The molecular weight excluding hydrogens is 514 g/mol. The Balaban J connectivity index is 1.31. The molecule has 9 nitrogen and oxygen atoms in total. The number of aromatic nitrogens is 3. The van der Waals surface area contributed by atoms with E-state index < -0.39 is 0 Å². The zero-order chi connectivity index (χ0) is 28.8. The van der Waals surface area contributed by atoms with Crippen LogP contribution in [0.15, 0.2) is 66.7 Å². The van der Waals surface area contributed by atoms with E-state index in [0.717, 1.165) is 36.9 Å². The molecule has 1 saturated heterocycles. The third-order valence-electron chi connectivity index (χ3n) is 7.67. The van der Waals surface area contributed by atoms with Gasteiger partial charge in [-0.15, -0.1) is 0 Å². The molecule has 0 saturated carbocycles. The largest absolute Gasteiger partial charge is 0.368 e. The zero-order valence-corrected chi connectivity index (χ0v) is 24.1. The number of aryl methyl sites for hydroxylation is 1. The highest BCUT2D eigenvalue weighted by molar-refractivity contribution is 6.00. The highest BCUT2D eigenvalue weighted by atomic mass is 16.2. The second kappa shape index (κ2) is 13.0. The van der Waals surface area contributed by atoms with Crippen LogP contribution in [0.3, 0.4) is 0 Å². The van der Waals surface area contributed by atoms with Crippen molar-refractivity contribution in [1.82, 2.24) is 30.1 Å². The van der Waals surface area contributed by atoms with E-state index in [9.17, 15) is 9.59 Å². The topological polar surface area (TPSA) is 106 Å². The summed E-state index contributed by atoms with van der Waals surface area (Å²) in [5.74, 6) is 1.07. The van der Waals surface area contributed by atoms with Crippen LogP contribution in [0.25, 0.3) is 22.4 Å². The molecule has 0 radical (unpaired) electrons. The Labute approximate surface area is 241 Å².